The van der Waals surface area contributed by atoms with E-state index in [-0.39, 0.29) is 23.9 Å². The van der Waals surface area contributed by atoms with Gasteiger partial charge in [-0.25, -0.2) is 0 Å². The van der Waals surface area contributed by atoms with Gasteiger partial charge in [0.05, 0.1) is 47.3 Å². The molecule has 8 nitrogen and oxygen atoms in total. The van der Waals surface area contributed by atoms with E-state index >= 15 is 0 Å². The predicted molar refractivity (Wildman–Crippen MR) is 190 cm³/mol. The number of ether oxygens (including phenoxy) is 7. The molecule has 0 amide bonds. The summed E-state index contributed by atoms with van der Waals surface area (Å²) in [6, 6.07) is 43.5. The van der Waals surface area contributed by atoms with Crippen LogP contribution < -0.4 is 9.47 Å². The second kappa shape index (κ2) is 17.8. The van der Waals surface area contributed by atoms with Gasteiger partial charge in [-0.1, -0.05) is 121 Å². The van der Waals surface area contributed by atoms with E-state index in [1.807, 2.05) is 127 Å². The standard InChI is InChI=1S/C42H44O8/c1-44-35-24-23-34(38(45-2)37(35)43)39-41(48-27-32-19-11-5-12-20-32)42(49-28-33-21-13-6-14-22-33)40(47-26-31-17-9-4-10-18-31)36(50-39)29-46-25-30-15-7-3-8-16-30/h3-24,36,39-43H,25-29H2,1-2H3/t36-,39+,40-,41+,42+/m1/s1. The largest absolute Gasteiger partial charge is 0.502 e. The van der Waals surface area contributed by atoms with E-state index in [2.05, 4.69) is 0 Å². The summed E-state index contributed by atoms with van der Waals surface area (Å²) in [6.07, 6.45) is -3.23. The molecule has 5 atom stereocenters. The summed E-state index contributed by atoms with van der Waals surface area (Å²) in [7, 11) is 3.01. The van der Waals surface area contributed by atoms with Gasteiger partial charge < -0.3 is 38.3 Å². The number of phenolic OH excluding ortho intramolecular Hbond substituents is 1. The first-order valence-electron chi connectivity index (χ1n) is 16.8. The molecule has 8 heteroatoms. The molecule has 1 saturated heterocycles. The highest BCUT2D eigenvalue weighted by atomic mass is 16.6. The number of hydrogen-bond acceptors (Lipinski definition) is 8. The molecule has 0 unspecified atom stereocenters. The van der Waals surface area contributed by atoms with E-state index in [9.17, 15) is 5.11 Å². The Kier molecular flexibility index (Phi) is 12.5. The van der Waals surface area contributed by atoms with Crippen molar-refractivity contribution in [2.45, 2.75) is 56.9 Å². The molecule has 0 aromatic heterocycles. The zero-order chi connectivity index (χ0) is 34.5. The molecule has 1 aliphatic heterocycles. The SMILES string of the molecule is COc1ccc([C@@H]2O[C@H](COCc3ccccc3)[C@@H](OCc3ccccc3)[C@H](OCc3ccccc3)[C@H]2OCc2ccccc2)c(OC)c1O. The van der Waals surface area contributed by atoms with E-state index in [1.165, 1.54) is 14.2 Å². The Hall–Kier alpha value is -4.70. The van der Waals surface area contributed by atoms with Crippen molar-refractivity contribution < 1.29 is 38.3 Å². The van der Waals surface area contributed by atoms with Gasteiger partial charge in [0.1, 0.15) is 30.5 Å². The van der Waals surface area contributed by atoms with Crippen LogP contribution in [0.1, 0.15) is 33.9 Å². The normalized spacial score (nSPS) is 20.3. The zero-order valence-electron chi connectivity index (χ0n) is 28.4. The predicted octanol–water partition coefficient (Wildman–Crippen LogP) is 7.82. The van der Waals surface area contributed by atoms with Crippen LogP contribution in [0.2, 0.25) is 0 Å². The van der Waals surface area contributed by atoms with Gasteiger partial charge >= 0.3 is 0 Å². The van der Waals surface area contributed by atoms with Crippen molar-refractivity contribution in [2.24, 2.45) is 0 Å². The second-order valence-electron chi connectivity index (χ2n) is 12.1. The molecule has 0 spiro atoms. The summed E-state index contributed by atoms with van der Waals surface area (Å²) in [4.78, 5) is 0. The highest BCUT2D eigenvalue weighted by molar-refractivity contribution is 5.56. The van der Waals surface area contributed by atoms with Crippen LogP contribution in [0.3, 0.4) is 0 Å². The molecule has 1 aliphatic rings. The molecule has 50 heavy (non-hydrogen) atoms. The molecule has 0 bridgehead atoms. The van der Waals surface area contributed by atoms with Gasteiger partial charge in [-0.15, -0.1) is 0 Å². The molecule has 0 aliphatic carbocycles. The molecule has 6 rings (SSSR count). The average Bonchev–Trinajstić information content (AvgIpc) is 3.17. The smallest absolute Gasteiger partial charge is 0.201 e. The summed E-state index contributed by atoms with van der Waals surface area (Å²) in [5.41, 5.74) is 4.66. The minimum absolute atomic E-state index is 0.126. The third-order valence-corrected chi connectivity index (χ3v) is 8.74. The third-order valence-electron chi connectivity index (χ3n) is 8.74. The van der Waals surface area contributed by atoms with Crippen molar-refractivity contribution in [3.8, 4) is 17.2 Å². The Morgan fingerprint density at radius 2 is 0.980 bits per heavy atom. The lowest BCUT2D eigenvalue weighted by atomic mass is 9.89. The summed E-state index contributed by atoms with van der Waals surface area (Å²) < 4.78 is 44.9. The van der Waals surface area contributed by atoms with Gasteiger partial charge in [0, 0.05) is 5.56 Å². The Labute approximate surface area is 294 Å². The third kappa shape index (κ3) is 8.90. The lowest BCUT2D eigenvalue weighted by Crippen LogP contribution is -2.58. The van der Waals surface area contributed by atoms with Crippen LogP contribution >= 0.6 is 0 Å². The second-order valence-corrected chi connectivity index (χ2v) is 12.1. The van der Waals surface area contributed by atoms with E-state index < -0.39 is 30.5 Å². The van der Waals surface area contributed by atoms with Crippen LogP contribution in [0.25, 0.3) is 0 Å². The Balaban J connectivity index is 1.40. The van der Waals surface area contributed by atoms with Crippen LogP contribution in [-0.2, 0) is 50.1 Å². The van der Waals surface area contributed by atoms with E-state index in [0.717, 1.165) is 22.3 Å². The fourth-order valence-corrected chi connectivity index (χ4v) is 6.21. The summed E-state index contributed by atoms with van der Waals surface area (Å²) in [6.45, 7) is 1.55. The first-order valence-corrected chi connectivity index (χ1v) is 16.8. The molecule has 5 aromatic carbocycles. The van der Waals surface area contributed by atoms with Crippen molar-refractivity contribution in [1.82, 2.24) is 0 Å². The van der Waals surface area contributed by atoms with Gasteiger partial charge in [0.15, 0.2) is 11.5 Å². The van der Waals surface area contributed by atoms with Crippen molar-refractivity contribution in [1.29, 1.82) is 0 Å². The van der Waals surface area contributed by atoms with Crippen LogP contribution in [0.4, 0.5) is 0 Å². The number of methoxy groups -OCH3 is 2. The maximum absolute atomic E-state index is 11.2. The maximum Gasteiger partial charge on any atom is 0.201 e. The van der Waals surface area contributed by atoms with E-state index in [1.54, 1.807) is 6.07 Å². The lowest BCUT2D eigenvalue weighted by Gasteiger charge is -2.46. The Morgan fingerprint density at radius 3 is 1.46 bits per heavy atom. The zero-order valence-corrected chi connectivity index (χ0v) is 28.4. The number of rotatable bonds is 16. The topological polar surface area (TPSA) is 84.8 Å². The van der Waals surface area contributed by atoms with Gasteiger partial charge in [0.2, 0.25) is 5.75 Å². The highest BCUT2D eigenvalue weighted by Crippen LogP contribution is 2.47. The van der Waals surface area contributed by atoms with Gasteiger partial charge in [-0.2, -0.15) is 0 Å². The van der Waals surface area contributed by atoms with Crippen molar-refractivity contribution in [2.75, 3.05) is 20.8 Å². The molecule has 0 radical (unpaired) electrons. The fourth-order valence-electron chi connectivity index (χ4n) is 6.21. The number of hydrogen-bond donors (Lipinski definition) is 1. The molecule has 5 aromatic rings. The Bertz CT molecular complexity index is 1720. The first kappa shape index (κ1) is 35.1. The highest BCUT2D eigenvalue weighted by Gasteiger charge is 2.50. The number of aromatic hydroxyl groups is 1. The quantitative estimate of drug-likeness (QED) is 0.113. The van der Waals surface area contributed by atoms with Gasteiger partial charge in [-0.05, 0) is 34.4 Å². The van der Waals surface area contributed by atoms with Crippen molar-refractivity contribution in [3.05, 3.63) is 161 Å². The summed E-state index contributed by atoms with van der Waals surface area (Å²) in [5.74, 6) is 0.392. The number of phenols is 1. The van der Waals surface area contributed by atoms with Crippen LogP contribution in [0, 0.1) is 0 Å². The fraction of sp³-hybridized carbons (Fsp3) is 0.286. The van der Waals surface area contributed by atoms with E-state index in [0.29, 0.717) is 32.0 Å². The van der Waals surface area contributed by atoms with E-state index in [4.69, 9.17) is 33.2 Å². The number of benzene rings is 5. The molecule has 260 valence electrons. The maximum atomic E-state index is 11.2. The van der Waals surface area contributed by atoms with Crippen LogP contribution in [-0.4, -0.2) is 50.3 Å². The van der Waals surface area contributed by atoms with Crippen LogP contribution in [0.5, 0.6) is 17.2 Å². The molecule has 1 N–H and O–H groups in total. The Morgan fingerprint density at radius 1 is 0.520 bits per heavy atom. The molecular formula is C42H44O8. The molecule has 1 fully saturated rings. The van der Waals surface area contributed by atoms with Crippen molar-refractivity contribution in [3.63, 3.8) is 0 Å². The average molecular weight is 677 g/mol. The van der Waals surface area contributed by atoms with Gasteiger partial charge in [-0.3, -0.25) is 0 Å². The van der Waals surface area contributed by atoms with Crippen LogP contribution in [0.15, 0.2) is 133 Å². The monoisotopic (exact) mass is 676 g/mol. The van der Waals surface area contributed by atoms with Gasteiger partial charge in [0.25, 0.3) is 0 Å². The minimum Gasteiger partial charge on any atom is -0.502 e. The molecular weight excluding hydrogens is 632 g/mol. The minimum atomic E-state index is -0.742. The molecule has 1 heterocycles. The molecule has 0 saturated carbocycles. The first-order chi connectivity index (χ1) is 24.6. The summed E-state index contributed by atoms with van der Waals surface area (Å²) >= 11 is 0. The summed E-state index contributed by atoms with van der Waals surface area (Å²) in [5, 5.41) is 11.2. The van der Waals surface area contributed by atoms with Crippen molar-refractivity contribution >= 4 is 0 Å². The lowest BCUT2D eigenvalue weighted by molar-refractivity contribution is -0.275.